The molecule has 3 aliphatic carbocycles. The van der Waals surface area contributed by atoms with Gasteiger partial charge >= 0.3 is 11.9 Å². The number of carbonyl (C=O) groups is 4. The SMILES string of the molecule is CC(C)CC(=O)ON=C(CCC(=O)OC(C)C)C(=O)c1ccc2c(c1)Cc1cc([N+](=O)[O-])ccc1-2.O=C(c1ccc2c(c1)Cc1ccccc1-2)C1(O)CCCCC1. The number of ether oxygens (including phenoxy) is 1. The second kappa shape index (κ2) is 17.5. The molecule has 0 spiro atoms. The van der Waals surface area contributed by atoms with Crippen molar-refractivity contribution in [1.82, 2.24) is 0 Å². The lowest BCUT2D eigenvalue weighted by Gasteiger charge is -2.30. The summed E-state index contributed by atoms with van der Waals surface area (Å²) in [6, 6.07) is 24.1. The highest BCUT2D eigenvalue weighted by Crippen LogP contribution is 2.40. The zero-order valence-corrected chi connectivity index (χ0v) is 32.8. The lowest BCUT2D eigenvalue weighted by molar-refractivity contribution is -0.384. The smallest absolute Gasteiger partial charge is 0.335 e. The molecule has 11 nitrogen and oxygen atoms in total. The van der Waals surface area contributed by atoms with E-state index in [9.17, 15) is 34.4 Å². The quantitative estimate of drug-likeness (QED) is 0.0319. The molecule has 3 aliphatic rings. The van der Waals surface area contributed by atoms with Crippen LogP contribution in [0.15, 0.2) is 84.0 Å². The Morgan fingerprint density at radius 2 is 1.32 bits per heavy atom. The standard InChI is InChI=1S/C26H28N2O7.C20H20O2/c1-15(2)11-25(30)35-27-23(9-10-24(29)34-16(3)4)26(31)17-5-7-21-18(12-17)13-19-14-20(28(32)33)6-8-22(19)21;21-19(20(22)10-4-1-5-11-20)15-8-9-18-16(13-15)12-14-6-2-3-7-17(14)18/h5-8,12,14-16H,9-11,13H2,1-4H3;2-3,6-9,13,22H,1,4-5,10-12H2. The molecule has 0 bridgehead atoms. The number of Topliss-reactive ketones (excluding diaryl/α,β-unsaturated/α-hetero) is 2. The van der Waals surface area contributed by atoms with E-state index in [1.807, 2.05) is 32.0 Å². The fourth-order valence-corrected chi connectivity index (χ4v) is 7.76. The van der Waals surface area contributed by atoms with Crippen molar-refractivity contribution in [2.75, 3.05) is 0 Å². The van der Waals surface area contributed by atoms with Crippen LogP contribution in [0.4, 0.5) is 5.69 Å². The average Bonchev–Trinajstić information content (AvgIpc) is 3.74. The molecular formula is C46H48N2O9. The van der Waals surface area contributed by atoms with E-state index in [-0.39, 0.29) is 48.5 Å². The molecule has 11 heteroatoms. The van der Waals surface area contributed by atoms with Crippen LogP contribution in [0.2, 0.25) is 0 Å². The van der Waals surface area contributed by atoms with Gasteiger partial charge in [-0.15, -0.1) is 0 Å². The number of aliphatic hydroxyl groups is 1. The summed E-state index contributed by atoms with van der Waals surface area (Å²) in [5.74, 6) is -1.55. The highest BCUT2D eigenvalue weighted by Gasteiger charge is 2.38. The van der Waals surface area contributed by atoms with E-state index in [0.29, 0.717) is 30.4 Å². The van der Waals surface area contributed by atoms with E-state index in [4.69, 9.17) is 9.57 Å². The molecule has 0 aromatic heterocycles. The fourth-order valence-electron chi connectivity index (χ4n) is 7.76. The zero-order chi connectivity index (χ0) is 40.9. The fraction of sp³-hybridized carbons (Fsp3) is 0.370. The summed E-state index contributed by atoms with van der Waals surface area (Å²) in [6.07, 6.45) is 5.24. The summed E-state index contributed by atoms with van der Waals surface area (Å²) in [5, 5.41) is 25.6. The van der Waals surface area contributed by atoms with Crippen molar-refractivity contribution in [2.24, 2.45) is 11.1 Å². The summed E-state index contributed by atoms with van der Waals surface area (Å²) >= 11 is 0. The van der Waals surface area contributed by atoms with Crippen LogP contribution in [0.3, 0.4) is 0 Å². The minimum Gasteiger partial charge on any atom is -0.463 e. The molecule has 1 fully saturated rings. The maximum absolute atomic E-state index is 13.3. The number of nitrogens with zero attached hydrogens (tertiary/aromatic N) is 2. The Bertz CT molecular complexity index is 2250. The van der Waals surface area contributed by atoms with Gasteiger partial charge < -0.3 is 14.7 Å². The topological polar surface area (TPSA) is 162 Å². The van der Waals surface area contributed by atoms with Gasteiger partial charge in [-0.25, -0.2) is 4.79 Å². The van der Waals surface area contributed by atoms with Crippen molar-refractivity contribution in [1.29, 1.82) is 0 Å². The number of benzene rings is 4. The van der Waals surface area contributed by atoms with Crippen molar-refractivity contribution in [3.63, 3.8) is 0 Å². The van der Waals surface area contributed by atoms with Crippen LogP contribution in [-0.4, -0.2) is 51.0 Å². The van der Waals surface area contributed by atoms with E-state index in [1.54, 1.807) is 38.1 Å². The number of rotatable bonds is 12. The third kappa shape index (κ3) is 9.60. The molecule has 7 rings (SSSR count). The number of fused-ring (bicyclic) bond motifs is 6. The second-order valence-electron chi connectivity index (χ2n) is 15.7. The summed E-state index contributed by atoms with van der Waals surface area (Å²) in [5.41, 5.74) is 8.25. The lowest BCUT2D eigenvalue weighted by atomic mass is 9.79. The van der Waals surface area contributed by atoms with Crippen LogP contribution in [0.25, 0.3) is 22.3 Å². The van der Waals surface area contributed by atoms with Gasteiger partial charge in [-0.2, -0.15) is 0 Å². The van der Waals surface area contributed by atoms with E-state index in [0.717, 1.165) is 47.9 Å². The average molecular weight is 773 g/mol. The van der Waals surface area contributed by atoms with Gasteiger partial charge in [-0.1, -0.05) is 86.8 Å². The van der Waals surface area contributed by atoms with Crippen molar-refractivity contribution in [3.8, 4) is 22.3 Å². The van der Waals surface area contributed by atoms with Crippen LogP contribution in [-0.2, 0) is 32.0 Å². The number of oxime groups is 1. The number of nitro groups is 1. The minimum atomic E-state index is -1.14. The molecule has 0 saturated heterocycles. The van der Waals surface area contributed by atoms with Gasteiger partial charge in [0.25, 0.3) is 5.69 Å². The van der Waals surface area contributed by atoms with Crippen molar-refractivity contribution >= 4 is 34.9 Å². The number of non-ortho nitro benzene ring substituents is 1. The molecule has 0 atom stereocenters. The molecule has 0 heterocycles. The monoisotopic (exact) mass is 772 g/mol. The normalized spacial score (nSPS) is 14.8. The zero-order valence-electron chi connectivity index (χ0n) is 32.8. The molecule has 0 amide bonds. The first-order valence-electron chi connectivity index (χ1n) is 19.6. The van der Waals surface area contributed by atoms with Gasteiger partial charge in [-0.3, -0.25) is 24.5 Å². The van der Waals surface area contributed by atoms with Crippen molar-refractivity contribution < 1.29 is 38.8 Å². The van der Waals surface area contributed by atoms with Crippen LogP contribution < -0.4 is 0 Å². The van der Waals surface area contributed by atoms with Crippen molar-refractivity contribution in [2.45, 2.75) is 104 Å². The molecule has 0 unspecified atom stereocenters. The highest BCUT2D eigenvalue weighted by molar-refractivity contribution is 6.46. The van der Waals surface area contributed by atoms with Gasteiger partial charge in [0.05, 0.1) is 23.9 Å². The lowest BCUT2D eigenvalue weighted by Crippen LogP contribution is -2.40. The maximum Gasteiger partial charge on any atom is 0.335 e. The number of nitro benzene ring substituents is 1. The Labute approximate surface area is 332 Å². The van der Waals surface area contributed by atoms with E-state index >= 15 is 0 Å². The van der Waals surface area contributed by atoms with Gasteiger partial charge in [0.15, 0.2) is 5.78 Å². The minimum absolute atomic E-state index is 0.0128. The molecule has 296 valence electrons. The van der Waals surface area contributed by atoms with Gasteiger partial charge in [0.1, 0.15) is 11.3 Å². The van der Waals surface area contributed by atoms with Crippen LogP contribution in [0.5, 0.6) is 0 Å². The molecular weight excluding hydrogens is 725 g/mol. The van der Waals surface area contributed by atoms with Gasteiger partial charge in [0, 0.05) is 29.7 Å². The number of hydrogen-bond acceptors (Lipinski definition) is 10. The largest absolute Gasteiger partial charge is 0.463 e. The Morgan fingerprint density at radius 3 is 1.96 bits per heavy atom. The first-order chi connectivity index (χ1) is 27.2. The number of carbonyl (C=O) groups excluding carboxylic acids is 4. The van der Waals surface area contributed by atoms with Gasteiger partial charge in [0.2, 0.25) is 5.78 Å². The molecule has 1 N–H and O–H groups in total. The molecule has 57 heavy (non-hydrogen) atoms. The summed E-state index contributed by atoms with van der Waals surface area (Å²) in [6.45, 7) is 7.16. The van der Waals surface area contributed by atoms with Crippen LogP contribution >= 0.6 is 0 Å². The summed E-state index contributed by atoms with van der Waals surface area (Å²) in [7, 11) is 0. The number of ketones is 2. The number of esters is 1. The Morgan fingerprint density at radius 1 is 0.737 bits per heavy atom. The maximum atomic E-state index is 13.3. The molecule has 4 aromatic carbocycles. The van der Waals surface area contributed by atoms with Crippen LogP contribution in [0.1, 0.15) is 122 Å². The third-order valence-corrected chi connectivity index (χ3v) is 10.5. The van der Waals surface area contributed by atoms with Crippen LogP contribution in [0, 0.1) is 16.0 Å². The molecule has 0 radical (unpaired) electrons. The second-order valence-corrected chi connectivity index (χ2v) is 15.7. The summed E-state index contributed by atoms with van der Waals surface area (Å²) < 4.78 is 5.13. The Balaban J connectivity index is 0.000000212. The number of hydrogen-bond donors (Lipinski definition) is 1. The molecule has 0 aliphatic heterocycles. The van der Waals surface area contributed by atoms with E-state index < -0.39 is 28.2 Å². The van der Waals surface area contributed by atoms with Gasteiger partial charge in [-0.05, 0) is 108 Å². The Hall–Kier alpha value is -5.81. The predicted molar refractivity (Wildman–Crippen MR) is 216 cm³/mol. The summed E-state index contributed by atoms with van der Waals surface area (Å²) in [4.78, 5) is 65.6. The highest BCUT2D eigenvalue weighted by atomic mass is 16.7. The first kappa shape index (κ1) is 40.8. The van der Waals surface area contributed by atoms with E-state index in [2.05, 4.69) is 29.4 Å². The Kier molecular flexibility index (Phi) is 12.6. The first-order valence-corrected chi connectivity index (χ1v) is 19.6. The molecule has 4 aromatic rings. The third-order valence-electron chi connectivity index (χ3n) is 10.5. The van der Waals surface area contributed by atoms with E-state index in [1.165, 1.54) is 34.4 Å². The van der Waals surface area contributed by atoms with Crippen molar-refractivity contribution in [3.05, 3.63) is 122 Å². The molecule has 1 saturated carbocycles. The predicted octanol–water partition coefficient (Wildman–Crippen LogP) is 9.16.